The van der Waals surface area contributed by atoms with Crippen LogP contribution in [0.4, 0.5) is 4.39 Å². The molecule has 0 aliphatic carbocycles. The molecule has 0 fully saturated rings. The van der Waals surface area contributed by atoms with Gasteiger partial charge in [0.1, 0.15) is 17.9 Å². The van der Waals surface area contributed by atoms with Crippen LogP contribution in [0.5, 0.6) is 0 Å². The van der Waals surface area contributed by atoms with E-state index in [0.717, 1.165) is 0 Å². The summed E-state index contributed by atoms with van der Waals surface area (Å²) >= 11 is 0. The molecular weight excluding hydrogens is 335 g/mol. The Kier molecular flexibility index (Phi) is 7.51. The molecule has 136 valence electrons. The summed E-state index contributed by atoms with van der Waals surface area (Å²) < 4.78 is 13.7. The Hall–Kier alpha value is -2.97. The van der Waals surface area contributed by atoms with E-state index in [-0.39, 0.29) is 18.4 Å². The second-order valence-corrected chi connectivity index (χ2v) is 5.38. The van der Waals surface area contributed by atoms with Gasteiger partial charge in [-0.05, 0) is 18.1 Å². The normalized spacial score (nSPS) is 12.7. The van der Waals surface area contributed by atoms with E-state index in [2.05, 4.69) is 10.6 Å². The Balaban J connectivity index is 2.87. The second-order valence-electron chi connectivity index (χ2n) is 5.38. The van der Waals surface area contributed by atoms with Crippen LogP contribution in [-0.2, 0) is 25.6 Å². The van der Waals surface area contributed by atoms with Gasteiger partial charge >= 0.3 is 11.9 Å². The van der Waals surface area contributed by atoms with E-state index in [9.17, 15) is 23.6 Å². The molecule has 0 aliphatic heterocycles. The Bertz CT molecular complexity index is 664. The van der Waals surface area contributed by atoms with Crippen molar-refractivity contribution in [2.45, 2.75) is 38.3 Å². The van der Waals surface area contributed by atoms with E-state index in [1.165, 1.54) is 25.1 Å². The fourth-order valence-electron chi connectivity index (χ4n) is 2.14. The summed E-state index contributed by atoms with van der Waals surface area (Å²) in [7, 11) is 0. The fourth-order valence-corrected chi connectivity index (χ4v) is 2.14. The highest BCUT2D eigenvalue weighted by Gasteiger charge is 2.27. The van der Waals surface area contributed by atoms with Crippen molar-refractivity contribution in [3.05, 3.63) is 35.6 Å². The third-order valence-corrected chi connectivity index (χ3v) is 3.34. The van der Waals surface area contributed by atoms with E-state index in [1.54, 1.807) is 6.07 Å². The maximum Gasteiger partial charge on any atom is 0.326 e. The van der Waals surface area contributed by atoms with Gasteiger partial charge in [0.2, 0.25) is 11.8 Å². The summed E-state index contributed by atoms with van der Waals surface area (Å²) in [5.41, 5.74) is 0.175. The van der Waals surface area contributed by atoms with Gasteiger partial charge in [-0.25, -0.2) is 9.18 Å². The molecule has 8 nitrogen and oxygen atoms in total. The van der Waals surface area contributed by atoms with Crippen LogP contribution in [0, 0.1) is 5.82 Å². The zero-order valence-electron chi connectivity index (χ0n) is 13.5. The van der Waals surface area contributed by atoms with E-state index in [4.69, 9.17) is 10.2 Å². The number of benzene rings is 1. The van der Waals surface area contributed by atoms with Crippen LogP contribution in [0.15, 0.2) is 24.3 Å². The summed E-state index contributed by atoms with van der Waals surface area (Å²) in [5.74, 6) is -4.55. The molecule has 0 bridgehead atoms. The molecule has 9 heteroatoms. The number of rotatable bonds is 9. The van der Waals surface area contributed by atoms with Crippen LogP contribution in [-0.4, -0.2) is 46.0 Å². The van der Waals surface area contributed by atoms with Crippen LogP contribution >= 0.6 is 0 Å². The lowest BCUT2D eigenvalue weighted by Gasteiger charge is -2.21. The molecule has 0 spiro atoms. The van der Waals surface area contributed by atoms with Crippen LogP contribution in [0.25, 0.3) is 0 Å². The van der Waals surface area contributed by atoms with Crippen molar-refractivity contribution >= 4 is 23.8 Å². The number of nitrogens with one attached hydrogen (secondary N) is 2. The molecule has 0 unspecified atom stereocenters. The smallest absolute Gasteiger partial charge is 0.326 e. The zero-order chi connectivity index (χ0) is 19.0. The van der Waals surface area contributed by atoms with E-state index in [0.29, 0.717) is 0 Å². The van der Waals surface area contributed by atoms with Gasteiger partial charge in [-0.2, -0.15) is 0 Å². The standard InChI is InChI=1S/C16H19FN2O6/c1-9(20)18-13(8-10-4-2-3-5-11(10)17)15(23)19-12(16(24)25)6-7-14(21)22/h2-5,12-13H,6-8H2,1H3,(H,18,20)(H,19,23)(H,21,22)(H,24,25)/t12-,13+/m1/s1. The summed E-state index contributed by atoms with van der Waals surface area (Å²) in [4.78, 5) is 45.3. The largest absolute Gasteiger partial charge is 0.481 e. The molecule has 0 saturated heterocycles. The number of hydrogen-bond donors (Lipinski definition) is 4. The number of carbonyl (C=O) groups excluding carboxylic acids is 2. The van der Waals surface area contributed by atoms with Crippen LogP contribution < -0.4 is 10.6 Å². The van der Waals surface area contributed by atoms with Crippen molar-refractivity contribution in [2.24, 2.45) is 0 Å². The van der Waals surface area contributed by atoms with E-state index in [1.807, 2.05) is 0 Å². The highest BCUT2D eigenvalue weighted by molar-refractivity contribution is 5.90. The molecule has 1 aromatic carbocycles. The Morgan fingerprint density at radius 2 is 1.72 bits per heavy atom. The number of carbonyl (C=O) groups is 4. The molecule has 0 radical (unpaired) electrons. The Morgan fingerprint density at radius 3 is 2.24 bits per heavy atom. The maximum atomic E-state index is 13.7. The first-order valence-corrected chi connectivity index (χ1v) is 7.46. The van der Waals surface area contributed by atoms with Crippen molar-refractivity contribution in [1.29, 1.82) is 0 Å². The van der Waals surface area contributed by atoms with Gasteiger partial charge in [-0.3, -0.25) is 14.4 Å². The van der Waals surface area contributed by atoms with Gasteiger partial charge in [-0.15, -0.1) is 0 Å². The highest BCUT2D eigenvalue weighted by atomic mass is 19.1. The number of carboxylic acid groups (broad SMARTS) is 2. The molecule has 1 rings (SSSR count). The summed E-state index contributed by atoms with van der Waals surface area (Å²) in [6, 6.07) is 3.05. The monoisotopic (exact) mass is 354 g/mol. The van der Waals surface area contributed by atoms with Gasteiger partial charge in [0, 0.05) is 19.8 Å². The quantitative estimate of drug-likeness (QED) is 0.504. The Labute approximate surface area is 143 Å². The van der Waals surface area contributed by atoms with E-state index >= 15 is 0 Å². The predicted molar refractivity (Wildman–Crippen MR) is 84.1 cm³/mol. The minimum absolute atomic E-state index is 0.175. The van der Waals surface area contributed by atoms with Gasteiger partial charge in [0.15, 0.2) is 0 Å². The lowest BCUT2D eigenvalue weighted by molar-refractivity contribution is -0.143. The minimum Gasteiger partial charge on any atom is -0.481 e. The fraction of sp³-hybridized carbons (Fsp3) is 0.375. The molecule has 25 heavy (non-hydrogen) atoms. The summed E-state index contributed by atoms with van der Waals surface area (Å²) in [5, 5.41) is 22.2. The van der Waals surface area contributed by atoms with Gasteiger partial charge in [0.25, 0.3) is 0 Å². The first-order chi connectivity index (χ1) is 11.7. The SMILES string of the molecule is CC(=O)N[C@@H](Cc1ccccc1F)C(=O)N[C@H](CCC(=O)O)C(=O)O. The first-order valence-electron chi connectivity index (χ1n) is 7.46. The number of hydrogen-bond acceptors (Lipinski definition) is 4. The number of aliphatic carboxylic acids is 2. The zero-order valence-corrected chi connectivity index (χ0v) is 13.5. The minimum atomic E-state index is -1.43. The molecule has 2 amide bonds. The Morgan fingerprint density at radius 1 is 1.08 bits per heavy atom. The lowest BCUT2D eigenvalue weighted by Crippen LogP contribution is -2.52. The van der Waals surface area contributed by atoms with Crippen LogP contribution in [0.2, 0.25) is 0 Å². The van der Waals surface area contributed by atoms with Crippen molar-refractivity contribution in [2.75, 3.05) is 0 Å². The van der Waals surface area contributed by atoms with Crippen molar-refractivity contribution < 1.29 is 33.8 Å². The first kappa shape index (κ1) is 20.1. The van der Waals surface area contributed by atoms with Crippen molar-refractivity contribution in [1.82, 2.24) is 10.6 Å². The maximum absolute atomic E-state index is 13.7. The molecule has 0 aromatic heterocycles. The third-order valence-electron chi connectivity index (χ3n) is 3.34. The van der Waals surface area contributed by atoms with E-state index < -0.39 is 48.1 Å². The summed E-state index contributed by atoms with van der Waals surface area (Å²) in [6.45, 7) is 1.17. The average molecular weight is 354 g/mol. The second kappa shape index (κ2) is 9.36. The third kappa shape index (κ3) is 6.98. The summed E-state index contributed by atoms with van der Waals surface area (Å²) in [6.07, 6.45) is -0.943. The molecule has 0 saturated carbocycles. The molecule has 1 aromatic rings. The van der Waals surface area contributed by atoms with Crippen LogP contribution in [0.3, 0.4) is 0 Å². The topological polar surface area (TPSA) is 133 Å². The van der Waals surface area contributed by atoms with Crippen molar-refractivity contribution in [3.8, 4) is 0 Å². The molecule has 0 heterocycles. The molecule has 0 aliphatic rings. The van der Waals surface area contributed by atoms with Crippen molar-refractivity contribution in [3.63, 3.8) is 0 Å². The molecule has 4 N–H and O–H groups in total. The number of halogens is 1. The van der Waals surface area contributed by atoms with Gasteiger partial charge in [0.05, 0.1) is 0 Å². The number of carboxylic acids is 2. The van der Waals surface area contributed by atoms with Crippen LogP contribution in [0.1, 0.15) is 25.3 Å². The van der Waals surface area contributed by atoms with Gasteiger partial charge < -0.3 is 20.8 Å². The lowest BCUT2D eigenvalue weighted by atomic mass is 10.0. The number of amides is 2. The predicted octanol–water partition coefficient (Wildman–Crippen LogP) is 0.307. The highest BCUT2D eigenvalue weighted by Crippen LogP contribution is 2.10. The molecular formula is C16H19FN2O6. The molecule has 2 atom stereocenters. The van der Waals surface area contributed by atoms with Gasteiger partial charge in [-0.1, -0.05) is 18.2 Å². The average Bonchev–Trinajstić information content (AvgIpc) is 2.51.